The molecule has 0 aromatic heterocycles. The fraction of sp³-hybridized carbons (Fsp3) is 0.562. The molecular formula is C16H20ClNO2. The number of rotatable bonds is 3. The highest BCUT2D eigenvalue weighted by Gasteiger charge is 2.42. The van der Waals surface area contributed by atoms with E-state index in [0.29, 0.717) is 5.02 Å². The van der Waals surface area contributed by atoms with E-state index < -0.39 is 6.10 Å². The summed E-state index contributed by atoms with van der Waals surface area (Å²) < 4.78 is 0. The molecule has 1 amide bonds. The number of amides is 1. The van der Waals surface area contributed by atoms with Crippen molar-refractivity contribution < 1.29 is 9.90 Å². The zero-order valence-electron chi connectivity index (χ0n) is 11.4. The molecule has 2 N–H and O–H groups in total. The number of hydrogen-bond acceptors (Lipinski definition) is 2. The van der Waals surface area contributed by atoms with Gasteiger partial charge in [-0.1, -0.05) is 23.7 Å². The summed E-state index contributed by atoms with van der Waals surface area (Å²) in [6.45, 7) is 0. The van der Waals surface area contributed by atoms with Gasteiger partial charge in [0.1, 0.15) is 0 Å². The Morgan fingerprint density at radius 1 is 1.20 bits per heavy atom. The molecule has 1 aromatic carbocycles. The lowest BCUT2D eigenvalue weighted by Gasteiger charge is -2.44. The predicted molar refractivity (Wildman–Crippen MR) is 78.5 cm³/mol. The molecule has 3 nitrogen and oxygen atoms in total. The van der Waals surface area contributed by atoms with Crippen LogP contribution in [0.3, 0.4) is 0 Å². The average molecular weight is 294 g/mol. The standard InChI is InChI=1S/C16H20ClNO2/c17-12-7-5-11(6-8-12)16(9-2-10-16)18-15(20)13-3-1-4-14(13)19/h5-8,13-14,19H,1-4,9-10H2,(H,18,20). The highest BCUT2D eigenvalue weighted by atomic mass is 35.5. The molecular weight excluding hydrogens is 274 g/mol. The van der Waals surface area contributed by atoms with Crippen molar-refractivity contribution in [2.75, 3.05) is 0 Å². The van der Waals surface area contributed by atoms with E-state index in [4.69, 9.17) is 11.6 Å². The van der Waals surface area contributed by atoms with Crippen molar-refractivity contribution in [3.63, 3.8) is 0 Å². The van der Waals surface area contributed by atoms with Crippen molar-refractivity contribution >= 4 is 17.5 Å². The van der Waals surface area contributed by atoms with Crippen molar-refractivity contribution in [3.8, 4) is 0 Å². The van der Waals surface area contributed by atoms with Crippen LogP contribution in [0.15, 0.2) is 24.3 Å². The minimum atomic E-state index is -0.475. The van der Waals surface area contributed by atoms with Gasteiger partial charge in [0.05, 0.1) is 17.6 Å². The zero-order chi connectivity index (χ0) is 14.2. The van der Waals surface area contributed by atoms with Crippen LogP contribution in [0.4, 0.5) is 0 Å². The highest BCUT2D eigenvalue weighted by molar-refractivity contribution is 6.30. The maximum absolute atomic E-state index is 12.4. The second-order valence-corrected chi connectivity index (χ2v) is 6.47. The maximum Gasteiger partial charge on any atom is 0.226 e. The van der Waals surface area contributed by atoms with E-state index in [9.17, 15) is 9.90 Å². The molecule has 20 heavy (non-hydrogen) atoms. The fourth-order valence-corrected chi connectivity index (χ4v) is 3.49. The van der Waals surface area contributed by atoms with Crippen LogP contribution >= 0.6 is 11.6 Å². The molecule has 2 atom stereocenters. The molecule has 108 valence electrons. The molecule has 3 rings (SSSR count). The molecule has 2 fully saturated rings. The monoisotopic (exact) mass is 293 g/mol. The van der Waals surface area contributed by atoms with Gasteiger partial charge in [-0.2, -0.15) is 0 Å². The van der Waals surface area contributed by atoms with Crippen molar-refractivity contribution in [2.24, 2.45) is 5.92 Å². The van der Waals surface area contributed by atoms with Gasteiger partial charge in [0.15, 0.2) is 0 Å². The van der Waals surface area contributed by atoms with Crippen LogP contribution in [0.1, 0.15) is 44.1 Å². The number of carbonyl (C=O) groups is 1. The van der Waals surface area contributed by atoms with Crippen LogP contribution in [-0.4, -0.2) is 17.1 Å². The topological polar surface area (TPSA) is 49.3 Å². The third-order valence-electron chi connectivity index (χ3n) is 4.78. The van der Waals surface area contributed by atoms with E-state index in [-0.39, 0.29) is 17.4 Å². The summed E-state index contributed by atoms with van der Waals surface area (Å²) >= 11 is 5.93. The lowest BCUT2D eigenvalue weighted by Crippen LogP contribution is -2.53. The van der Waals surface area contributed by atoms with Gasteiger partial charge in [0, 0.05) is 5.02 Å². The molecule has 0 radical (unpaired) electrons. The number of aliphatic hydroxyl groups is 1. The molecule has 4 heteroatoms. The Balaban J connectivity index is 1.76. The normalized spacial score (nSPS) is 27.9. The molecule has 2 aliphatic carbocycles. The van der Waals surface area contributed by atoms with E-state index >= 15 is 0 Å². The van der Waals surface area contributed by atoms with Crippen LogP contribution < -0.4 is 5.32 Å². The molecule has 2 saturated carbocycles. The number of benzene rings is 1. The molecule has 0 saturated heterocycles. The molecule has 0 bridgehead atoms. The van der Waals surface area contributed by atoms with Crippen LogP contribution in [0.5, 0.6) is 0 Å². The average Bonchev–Trinajstić information content (AvgIpc) is 2.81. The van der Waals surface area contributed by atoms with Crippen LogP contribution in [0.2, 0.25) is 5.02 Å². The summed E-state index contributed by atoms with van der Waals surface area (Å²) in [4.78, 5) is 12.4. The highest BCUT2D eigenvalue weighted by Crippen LogP contribution is 2.42. The van der Waals surface area contributed by atoms with Crippen molar-refractivity contribution in [3.05, 3.63) is 34.9 Å². The number of hydrogen-bond donors (Lipinski definition) is 2. The van der Waals surface area contributed by atoms with E-state index in [2.05, 4.69) is 5.32 Å². The van der Waals surface area contributed by atoms with Gasteiger partial charge >= 0.3 is 0 Å². The summed E-state index contributed by atoms with van der Waals surface area (Å²) in [6, 6.07) is 7.72. The Bertz CT molecular complexity index is 496. The first kappa shape index (κ1) is 13.9. The Morgan fingerprint density at radius 3 is 2.40 bits per heavy atom. The first-order valence-electron chi connectivity index (χ1n) is 7.37. The number of halogens is 1. The van der Waals surface area contributed by atoms with Gasteiger partial charge in [0.2, 0.25) is 5.91 Å². The molecule has 0 heterocycles. The zero-order valence-corrected chi connectivity index (χ0v) is 12.2. The summed E-state index contributed by atoms with van der Waals surface area (Å²) in [7, 11) is 0. The second kappa shape index (κ2) is 5.38. The SMILES string of the molecule is O=C(NC1(c2ccc(Cl)cc2)CCC1)C1CCCC1O. The van der Waals surface area contributed by atoms with E-state index in [1.165, 1.54) is 0 Å². The minimum absolute atomic E-state index is 0.00431. The maximum atomic E-state index is 12.4. The third kappa shape index (κ3) is 2.45. The number of aliphatic hydroxyl groups excluding tert-OH is 1. The Hall–Kier alpha value is -1.06. The van der Waals surface area contributed by atoms with Crippen LogP contribution in [0.25, 0.3) is 0 Å². The first-order chi connectivity index (χ1) is 9.61. The minimum Gasteiger partial charge on any atom is -0.392 e. The van der Waals surface area contributed by atoms with Gasteiger partial charge in [-0.05, 0) is 56.2 Å². The summed E-state index contributed by atoms with van der Waals surface area (Å²) in [6.07, 6.45) is 5.04. The van der Waals surface area contributed by atoms with Gasteiger partial charge < -0.3 is 10.4 Å². The first-order valence-corrected chi connectivity index (χ1v) is 7.75. The van der Waals surface area contributed by atoms with Gasteiger partial charge in [-0.3, -0.25) is 4.79 Å². The second-order valence-electron chi connectivity index (χ2n) is 6.04. The lowest BCUT2D eigenvalue weighted by atomic mass is 9.71. The molecule has 0 spiro atoms. The van der Waals surface area contributed by atoms with Gasteiger partial charge in [-0.15, -0.1) is 0 Å². The largest absolute Gasteiger partial charge is 0.392 e. The van der Waals surface area contributed by atoms with Crippen molar-refractivity contribution in [1.82, 2.24) is 5.32 Å². The van der Waals surface area contributed by atoms with Crippen molar-refractivity contribution in [1.29, 1.82) is 0 Å². The van der Waals surface area contributed by atoms with Crippen molar-refractivity contribution in [2.45, 2.75) is 50.2 Å². The van der Waals surface area contributed by atoms with Crippen LogP contribution in [0, 0.1) is 5.92 Å². The number of carbonyl (C=O) groups excluding carboxylic acids is 1. The lowest BCUT2D eigenvalue weighted by molar-refractivity contribution is -0.130. The smallest absolute Gasteiger partial charge is 0.226 e. The Labute approximate surface area is 124 Å². The third-order valence-corrected chi connectivity index (χ3v) is 5.03. The summed E-state index contributed by atoms with van der Waals surface area (Å²) in [5, 5.41) is 13.8. The summed E-state index contributed by atoms with van der Waals surface area (Å²) in [5.74, 6) is -0.232. The quantitative estimate of drug-likeness (QED) is 0.900. The Morgan fingerprint density at radius 2 is 1.90 bits per heavy atom. The molecule has 2 aliphatic rings. The van der Waals surface area contributed by atoms with E-state index in [1.54, 1.807) is 0 Å². The predicted octanol–water partition coefficient (Wildman–Crippen LogP) is 3.00. The Kier molecular flexibility index (Phi) is 3.74. The van der Waals surface area contributed by atoms with E-state index in [0.717, 1.165) is 44.1 Å². The summed E-state index contributed by atoms with van der Waals surface area (Å²) in [5.41, 5.74) is 0.873. The molecule has 0 aliphatic heterocycles. The van der Waals surface area contributed by atoms with Crippen LogP contribution in [-0.2, 0) is 10.3 Å². The molecule has 1 aromatic rings. The number of nitrogens with one attached hydrogen (secondary N) is 1. The van der Waals surface area contributed by atoms with Gasteiger partial charge in [0.25, 0.3) is 0 Å². The molecule has 2 unspecified atom stereocenters. The van der Waals surface area contributed by atoms with Gasteiger partial charge in [-0.25, -0.2) is 0 Å². The fourth-order valence-electron chi connectivity index (χ4n) is 3.36. The van der Waals surface area contributed by atoms with E-state index in [1.807, 2.05) is 24.3 Å².